The average molecular weight is 218 g/mol. The molecule has 1 rings (SSSR count). The highest BCUT2D eigenvalue weighted by Crippen LogP contribution is 2.12. The van der Waals surface area contributed by atoms with Gasteiger partial charge in [0.15, 0.2) is 0 Å². The highest BCUT2D eigenvalue weighted by Gasteiger charge is 2.18. The fraction of sp³-hybridized carbons (Fsp3) is 0.250. The highest BCUT2D eigenvalue weighted by atomic mass is 32.2. The van der Waals surface area contributed by atoms with Gasteiger partial charge in [0, 0.05) is 14.1 Å². The molecule has 0 radical (unpaired) electrons. The minimum Gasteiger partial charge on any atom is -0.237 e. The molecule has 1 N–H and O–H groups in total. The minimum atomic E-state index is -3.79. The van der Waals surface area contributed by atoms with Crippen LogP contribution < -0.4 is 4.83 Å². The summed E-state index contributed by atoms with van der Waals surface area (Å²) < 4.78 is 36.0. The Bertz CT molecular complexity index is 417. The van der Waals surface area contributed by atoms with Crippen molar-refractivity contribution < 1.29 is 12.8 Å². The Kier molecular flexibility index (Phi) is 3.20. The maximum absolute atomic E-state index is 13.1. The maximum atomic E-state index is 13.1. The van der Waals surface area contributed by atoms with Crippen LogP contribution in [0, 0.1) is 5.82 Å². The quantitative estimate of drug-likeness (QED) is 0.755. The van der Waals surface area contributed by atoms with Crippen LogP contribution in [0.1, 0.15) is 0 Å². The van der Waals surface area contributed by atoms with Gasteiger partial charge in [-0.05, 0) is 12.1 Å². The molecule has 0 bridgehead atoms. The van der Waals surface area contributed by atoms with Crippen LogP contribution in [-0.2, 0) is 10.0 Å². The molecule has 6 heteroatoms. The molecule has 0 aromatic heterocycles. The van der Waals surface area contributed by atoms with E-state index >= 15 is 0 Å². The normalized spacial score (nSPS) is 12.0. The predicted octanol–water partition coefficient (Wildman–Crippen LogP) is 0.581. The lowest BCUT2D eigenvalue weighted by Gasteiger charge is -2.12. The van der Waals surface area contributed by atoms with Gasteiger partial charge in [-0.2, -0.15) is 0 Å². The first-order chi connectivity index (χ1) is 6.43. The second-order valence-electron chi connectivity index (χ2n) is 2.92. The lowest BCUT2D eigenvalue weighted by Crippen LogP contribution is -2.36. The molecule has 0 heterocycles. The van der Waals surface area contributed by atoms with Crippen LogP contribution in [0.4, 0.5) is 4.39 Å². The first-order valence-corrected chi connectivity index (χ1v) is 5.36. The molecule has 0 unspecified atom stereocenters. The van der Waals surface area contributed by atoms with E-state index < -0.39 is 15.8 Å². The number of hydrazine groups is 1. The van der Waals surface area contributed by atoms with E-state index in [1.807, 2.05) is 0 Å². The fourth-order valence-electron chi connectivity index (χ4n) is 0.952. The maximum Gasteiger partial charge on any atom is 0.256 e. The molecule has 0 aliphatic heterocycles. The number of halogens is 1. The van der Waals surface area contributed by atoms with E-state index in [0.29, 0.717) is 0 Å². The van der Waals surface area contributed by atoms with Gasteiger partial charge in [0.1, 0.15) is 10.7 Å². The molecule has 0 saturated carbocycles. The Morgan fingerprint density at radius 2 is 1.86 bits per heavy atom. The summed E-state index contributed by atoms with van der Waals surface area (Å²) in [6.07, 6.45) is 0. The number of nitrogens with one attached hydrogen (secondary N) is 1. The molecular formula is C8H11FN2O2S. The van der Waals surface area contributed by atoms with E-state index in [2.05, 4.69) is 4.83 Å². The van der Waals surface area contributed by atoms with Crippen LogP contribution in [-0.4, -0.2) is 27.5 Å². The average Bonchev–Trinajstić information content (AvgIpc) is 2.02. The van der Waals surface area contributed by atoms with E-state index in [4.69, 9.17) is 0 Å². The molecule has 14 heavy (non-hydrogen) atoms. The molecule has 4 nitrogen and oxygen atoms in total. The molecule has 78 valence electrons. The third-order valence-electron chi connectivity index (χ3n) is 1.43. The topological polar surface area (TPSA) is 49.4 Å². The van der Waals surface area contributed by atoms with Crippen molar-refractivity contribution in [3.63, 3.8) is 0 Å². The Labute approximate surface area is 82.4 Å². The molecular weight excluding hydrogens is 207 g/mol. The smallest absolute Gasteiger partial charge is 0.237 e. The summed E-state index contributed by atoms with van der Waals surface area (Å²) in [5.41, 5.74) is 0. The van der Waals surface area contributed by atoms with Crippen LogP contribution in [0.2, 0.25) is 0 Å². The van der Waals surface area contributed by atoms with E-state index in [0.717, 1.165) is 6.07 Å². The molecule has 1 aromatic rings. The summed E-state index contributed by atoms with van der Waals surface area (Å²) in [7, 11) is -0.765. The van der Waals surface area contributed by atoms with Crippen molar-refractivity contribution >= 4 is 10.0 Å². The third-order valence-corrected chi connectivity index (χ3v) is 2.94. The Morgan fingerprint density at radius 1 is 1.29 bits per heavy atom. The molecule has 0 spiro atoms. The monoisotopic (exact) mass is 218 g/mol. The summed E-state index contributed by atoms with van der Waals surface area (Å²) >= 11 is 0. The van der Waals surface area contributed by atoms with Crippen molar-refractivity contribution in [2.45, 2.75) is 4.90 Å². The highest BCUT2D eigenvalue weighted by molar-refractivity contribution is 7.89. The van der Waals surface area contributed by atoms with E-state index in [1.54, 1.807) is 0 Å². The number of hydrogen-bond acceptors (Lipinski definition) is 3. The van der Waals surface area contributed by atoms with Crippen molar-refractivity contribution in [2.75, 3.05) is 14.1 Å². The Hall–Kier alpha value is -0.980. The zero-order valence-corrected chi connectivity index (χ0v) is 8.68. The zero-order valence-electron chi connectivity index (χ0n) is 7.86. The van der Waals surface area contributed by atoms with E-state index in [9.17, 15) is 12.8 Å². The first-order valence-electron chi connectivity index (χ1n) is 3.88. The van der Waals surface area contributed by atoms with Gasteiger partial charge in [0.05, 0.1) is 0 Å². The molecule has 0 fully saturated rings. The number of rotatable bonds is 3. The number of benzene rings is 1. The van der Waals surface area contributed by atoms with Crippen molar-refractivity contribution in [2.24, 2.45) is 0 Å². The molecule has 0 amide bonds. The van der Waals surface area contributed by atoms with E-state index in [1.165, 1.54) is 37.3 Å². The van der Waals surface area contributed by atoms with Gasteiger partial charge in [0.25, 0.3) is 10.0 Å². The summed E-state index contributed by atoms with van der Waals surface area (Å²) in [6, 6.07) is 5.21. The lowest BCUT2D eigenvalue weighted by atomic mass is 10.4. The van der Waals surface area contributed by atoms with Crippen LogP contribution in [0.25, 0.3) is 0 Å². The molecule has 0 aliphatic carbocycles. The number of nitrogens with zero attached hydrogens (tertiary/aromatic N) is 1. The Balaban J connectivity index is 3.11. The largest absolute Gasteiger partial charge is 0.256 e. The van der Waals surface area contributed by atoms with Crippen molar-refractivity contribution in [1.82, 2.24) is 9.84 Å². The van der Waals surface area contributed by atoms with Crippen LogP contribution in [0.3, 0.4) is 0 Å². The standard InChI is InChI=1S/C8H11FN2O2S/c1-11(2)10-14(12,13)8-6-4-3-5-7(8)9/h3-6,10H,1-2H3. The van der Waals surface area contributed by atoms with Gasteiger partial charge in [-0.15, -0.1) is 4.83 Å². The summed E-state index contributed by atoms with van der Waals surface area (Å²) in [6.45, 7) is 0. The lowest BCUT2D eigenvalue weighted by molar-refractivity contribution is 0.363. The Morgan fingerprint density at radius 3 is 2.36 bits per heavy atom. The van der Waals surface area contributed by atoms with Gasteiger partial charge in [-0.3, -0.25) is 0 Å². The van der Waals surface area contributed by atoms with Crippen LogP contribution in [0.5, 0.6) is 0 Å². The molecule has 1 aromatic carbocycles. The molecule has 0 saturated heterocycles. The minimum absolute atomic E-state index is 0.353. The van der Waals surface area contributed by atoms with Gasteiger partial charge < -0.3 is 0 Å². The van der Waals surface area contributed by atoms with Gasteiger partial charge in [-0.1, -0.05) is 12.1 Å². The summed E-state index contributed by atoms with van der Waals surface area (Å²) in [5, 5.41) is 1.24. The second kappa shape index (κ2) is 4.04. The van der Waals surface area contributed by atoms with Crippen LogP contribution >= 0.6 is 0 Å². The number of sulfonamides is 1. The van der Waals surface area contributed by atoms with Crippen molar-refractivity contribution in [1.29, 1.82) is 0 Å². The van der Waals surface area contributed by atoms with Crippen LogP contribution in [0.15, 0.2) is 29.2 Å². The summed E-state index contributed by atoms with van der Waals surface area (Å²) in [5.74, 6) is -0.762. The van der Waals surface area contributed by atoms with Gasteiger partial charge >= 0.3 is 0 Å². The first kappa shape index (κ1) is 11.1. The second-order valence-corrected chi connectivity index (χ2v) is 4.55. The van der Waals surface area contributed by atoms with Crippen molar-refractivity contribution in [3.05, 3.63) is 30.1 Å². The molecule has 0 atom stereocenters. The predicted molar refractivity (Wildman–Crippen MR) is 50.4 cm³/mol. The van der Waals surface area contributed by atoms with Gasteiger partial charge in [0.2, 0.25) is 0 Å². The van der Waals surface area contributed by atoms with E-state index in [-0.39, 0.29) is 4.90 Å². The summed E-state index contributed by atoms with van der Waals surface area (Å²) in [4.78, 5) is 1.79. The third kappa shape index (κ3) is 2.50. The van der Waals surface area contributed by atoms with Gasteiger partial charge in [-0.25, -0.2) is 17.8 Å². The molecule has 0 aliphatic rings. The van der Waals surface area contributed by atoms with Crippen molar-refractivity contribution in [3.8, 4) is 0 Å². The number of hydrogen-bond donors (Lipinski definition) is 1. The fourth-order valence-corrected chi connectivity index (χ4v) is 2.11. The SMILES string of the molecule is CN(C)NS(=O)(=O)c1ccccc1F. The zero-order chi connectivity index (χ0) is 10.8.